The predicted octanol–water partition coefficient (Wildman–Crippen LogP) is 0.0850. The molecule has 0 aliphatic carbocycles. The van der Waals surface area contributed by atoms with Crippen molar-refractivity contribution in [2.75, 3.05) is 13.1 Å². The number of furan rings is 1. The Balaban J connectivity index is 1.88. The lowest BCUT2D eigenvalue weighted by Crippen LogP contribution is -2.45. The minimum atomic E-state index is -1.01. The van der Waals surface area contributed by atoms with Crippen molar-refractivity contribution in [3.8, 4) is 0 Å². The minimum absolute atomic E-state index is 0.115. The van der Waals surface area contributed by atoms with Crippen LogP contribution in [0.3, 0.4) is 0 Å². The predicted molar refractivity (Wildman–Crippen MR) is 63.4 cm³/mol. The van der Waals surface area contributed by atoms with Crippen LogP contribution in [0.5, 0.6) is 0 Å². The van der Waals surface area contributed by atoms with Crippen molar-refractivity contribution in [1.29, 1.82) is 0 Å². The van der Waals surface area contributed by atoms with Crippen LogP contribution in [0.2, 0.25) is 0 Å². The van der Waals surface area contributed by atoms with E-state index in [0.29, 0.717) is 19.4 Å². The SMILES string of the molecule is O=C(NCC(=O)N1CCC[C@H]1C(=O)O)c1ccco1. The average molecular weight is 266 g/mol. The summed E-state index contributed by atoms with van der Waals surface area (Å²) in [5, 5.41) is 11.4. The number of likely N-dealkylation sites (tertiary alicyclic amines) is 1. The summed E-state index contributed by atoms with van der Waals surface area (Å²) < 4.78 is 4.88. The molecule has 2 amide bonds. The first-order valence-electron chi connectivity index (χ1n) is 5.93. The van der Waals surface area contributed by atoms with Crippen LogP contribution in [0.1, 0.15) is 23.4 Å². The van der Waals surface area contributed by atoms with Crippen LogP contribution >= 0.6 is 0 Å². The van der Waals surface area contributed by atoms with Crippen molar-refractivity contribution in [2.45, 2.75) is 18.9 Å². The number of nitrogens with one attached hydrogen (secondary N) is 1. The Bertz CT molecular complexity index is 482. The van der Waals surface area contributed by atoms with Gasteiger partial charge in [-0.05, 0) is 25.0 Å². The first-order chi connectivity index (χ1) is 9.09. The van der Waals surface area contributed by atoms with Gasteiger partial charge in [-0.3, -0.25) is 9.59 Å². The lowest BCUT2D eigenvalue weighted by molar-refractivity contribution is -0.147. The highest BCUT2D eigenvalue weighted by Gasteiger charge is 2.33. The van der Waals surface area contributed by atoms with Gasteiger partial charge in [-0.2, -0.15) is 0 Å². The van der Waals surface area contributed by atoms with Crippen LogP contribution < -0.4 is 5.32 Å². The van der Waals surface area contributed by atoms with Crippen molar-refractivity contribution >= 4 is 17.8 Å². The zero-order valence-electron chi connectivity index (χ0n) is 10.2. The molecule has 1 aliphatic heterocycles. The molecule has 1 atom stereocenters. The monoisotopic (exact) mass is 266 g/mol. The molecule has 7 nitrogen and oxygen atoms in total. The third-order valence-electron chi connectivity index (χ3n) is 3.00. The molecule has 7 heteroatoms. The molecular formula is C12H14N2O5. The van der Waals surface area contributed by atoms with E-state index in [4.69, 9.17) is 9.52 Å². The molecular weight excluding hydrogens is 252 g/mol. The maximum Gasteiger partial charge on any atom is 0.326 e. The van der Waals surface area contributed by atoms with Crippen LogP contribution in [0.4, 0.5) is 0 Å². The van der Waals surface area contributed by atoms with Crippen molar-refractivity contribution in [2.24, 2.45) is 0 Å². The second kappa shape index (κ2) is 5.55. The topological polar surface area (TPSA) is 99.9 Å². The second-order valence-electron chi connectivity index (χ2n) is 4.24. The van der Waals surface area contributed by atoms with E-state index in [0.717, 1.165) is 0 Å². The second-order valence-corrected chi connectivity index (χ2v) is 4.24. The standard InChI is InChI=1S/C12H14N2O5/c15-10(14-5-1-3-8(14)12(17)18)7-13-11(16)9-4-2-6-19-9/h2,4,6,8H,1,3,5,7H2,(H,13,16)(H,17,18)/t8-/m0/s1. The number of rotatable bonds is 4. The maximum absolute atomic E-state index is 11.9. The van der Waals surface area contributed by atoms with Gasteiger partial charge < -0.3 is 19.7 Å². The molecule has 0 bridgehead atoms. The van der Waals surface area contributed by atoms with E-state index in [2.05, 4.69) is 5.32 Å². The van der Waals surface area contributed by atoms with E-state index in [1.807, 2.05) is 0 Å². The summed E-state index contributed by atoms with van der Waals surface area (Å²) in [5.41, 5.74) is 0. The van der Waals surface area contributed by atoms with Crippen molar-refractivity contribution in [1.82, 2.24) is 10.2 Å². The van der Waals surface area contributed by atoms with Gasteiger partial charge in [-0.1, -0.05) is 0 Å². The summed E-state index contributed by atoms with van der Waals surface area (Å²) in [7, 11) is 0. The molecule has 102 valence electrons. The van der Waals surface area contributed by atoms with Gasteiger partial charge in [-0.25, -0.2) is 4.79 Å². The fourth-order valence-corrected chi connectivity index (χ4v) is 2.07. The molecule has 19 heavy (non-hydrogen) atoms. The zero-order valence-corrected chi connectivity index (χ0v) is 10.2. The van der Waals surface area contributed by atoms with Gasteiger partial charge in [0.15, 0.2) is 5.76 Å². The van der Waals surface area contributed by atoms with Crippen molar-refractivity contribution < 1.29 is 23.9 Å². The van der Waals surface area contributed by atoms with E-state index in [9.17, 15) is 14.4 Å². The van der Waals surface area contributed by atoms with Gasteiger partial charge in [0, 0.05) is 6.54 Å². The average Bonchev–Trinajstić information content (AvgIpc) is 3.04. The van der Waals surface area contributed by atoms with E-state index >= 15 is 0 Å². The lowest BCUT2D eigenvalue weighted by Gasteiger charge is -2.21. The summed E-state index contributed by atoms with van der Waals surface area (Å²) in [6.07, 6.45) is 2.47. The molecule has 1 fully saturated rings. The summed E-state index contributed by atoms with van der Waals surface area (Å²) in [4.78, 5) is 35.6. The quantitative estimate of drug-likeness (QED) is 0.804. The van der Waals surface area contributed by atoms with Gasteiger partial charge in [0.05, 0.1) is 12.8 Å². The van der Waals surface area contributed by atoms with E-state index in [-0.39, 0.29) is 12.3 Å². The Morgan fingerprint density at radius 1 is 1.47 bits per heavy atom. The molecule has 0 saturated carbocycles. The Kier molecular flexibility index (Phi) is 3.84. The van der Waals surface area contributed by atoms with Crippen LogP contribution in [0, 0.1) is 0 Å². The van der Waals surface area contributed by atoms with Gasteiger partial charge in [-0.15, -0.1) is 0 Å². The number of carbonyl (C=O) groups excluding carboxylic acids is 2. The highest BCUT2D eigenvalue weighted by atomic mass is 16.4. The Labute approximate surface area is 109 Å². The molecule has 2 heterocycles. The Morgan fingerprint density at radius 3 is 2.89 bits per heavy atom. The maximum atomic E-state index is 11.9. The number of hydrogen-bond donors (Lipinski definition) is 2. The van der Waals surface area contributed by atoms with E-state index < -0.39 is 23.8 Å². The normalized spacial score (nSPS) is 18.3. The van der Waals surface area contributed by atoms with Gasteiger partial charge in [0.1, 0.15) is 6.04 Å². The first-order valence-corrected chi connectivity index (χ1v) is 5.93. The van der Waals surface area contributed by atoms with Crippen molar-refractivity contribution in [3.63, 3.8) is 0 Å². The number of carboxylic acid groups (broad SMARTS) is 1. The number of carbonyl (C=O) groups is 3. The highest BCUT2D eigenvalue weighted by molar-refractivity contribution is 5.94. The van der Waals surface area contributed by atoms with Gasteiger partial charge in [0.25, 0.3) is 5.91 Å². The third-order valence-corrected chi connectivity index (χ3v) is 3.00. The molecule has 2 N–H and O–H groups in total. The number of nitrogens with zero attached hydrogens (tertiary/aromatic N) is 1. The molecule has 2 rings (SSSR count). The Hall–Kier alpha value is -2.31. The molecule has 0 aromatic carbocycles. The third kappa shape index (κ3) is 2.93. The number of amides is 2. The first kappa shape index (κ1) is 13.1. The lowest BCUT2D eigenvalue weighted by atomic mass is 10.2. The zero-order chi connectivity index (χ0) is 13.8. The summed E-state index contributed by atoms with van der Waals surface area (Å²) in [6.45, 7) is 0.176. The van der Waals surface area contributed by atoms with Gasteiger partial charge in [0.2, 0.25) is 5.91 Å². The van der Waals surface area contributed by atoms with Crippen LogP contribution in [0.25, 0.3) is 0 Å². The van der Waals surface area contributed by atoms with Crippen LogP contribution in [-0.4, -0.2) is 46.9 Å². The molecule has 0 unspecified atom stereocenters. The van der Waals surface area contributed by atoms with E-state index in [1.165, 1.54) is 17.2 Å². The number of carboxylic acids is 1. The van der Waals surface area contributed by atoms with Crippen LogP contribution in [0.15, 0.2) is 22.8 Å². The molecule has 0 radical (unpaired) electrons. The minimum Gasteiger partial charge on any atom is -0.480 e. The summed E-state index contributed by atoms with van der Waals surface area (Å²) in [5.74, 6) is -1.79. The molecule has 0 spiro atoms. The van der Waals surface area contributed by atoms with Crippen LogP contribution in [-0.2, 0) is 9.59 Å². The largest absolute Gasteiger partial charge is 0.480 e. The fraction of sp³-hybridized carbons (Fsp3) is 0.417. The fourth-order valence-electron chi connectivity index (χ4n) is 2.07. The summed E-state index contributed by atoms with van der Waals surface area (Å²) >= 11 is 0. The molecule has 1 saturated heterocycles. The number of aliphatic carboxylic acids is 1. The molecule has 1 aliphatic rings. The highest BCUT2D eigenvalue weighted by Crippen LogP contribution is 2.17. The summed E-state index contributed by atoms with van der Waals surface area (Å²) in [6, 6.07) is 2.26. The molecule has 1 aromatic heterocycles. The number of hydrogen-bond acceptors (Lipinski definition) is 4. The van der Waals surface area contributed by atoms with E-state index in [1.54, 1.807) is 6.07 Å². The van der Waals surface area contributed by atoms with Crippen molar-refractivity contribution in [3.05, 3.63) is 24.2 Å². The molecule has 1 aromatic rings. The Morgan fingerprint density at radius 2 is 2.26 bits per heavy atom. The van der Waals surface area contributed by atoms with Gasteiger partial charge >= 0.3 is 5.97 Å². The smallest absolute Gasteiger partial charge is 0.326 e.